The first-order valence-electron chi connectivity index (χ1n) is 4.37. The molecule has 1 atom stereocenters. The molecule has 4 nitrogen and oxygen atoms in total. The minimum absolute atomic E-state index is 0.196. The molecule has 0 saturated carbocycles. The topological polar surface area (TPSA) is 66.4 Å². The molecule has 0 bridgehead atoms. The number of sulfonamides is 1. The van der Waals surface area contributed by atoms with Crippen LogP contribution in [0.3, 0.4) is 0 Å². The van der Waals surface area contributed by atoms with Crippen molar-refractivity contribution < 1.29 is 13.5 Å². The summed E-state index contributed by atoms with van der Waals surface area (Å²) in [4.78, 5) is 0. The molecule has 0 fully saturated rings. The van der Waals surface area contributed by atoms with Crippen LogP contribution in [0.15, 0.2) is 20.1 Å². The van der Waals surface area contributed by atoms with E-state index in [-0.39, 0.29) is 10.8 Å². The number of halogens is 1. The molecule has 15 heavy (non-hydrogen) atoms. The highest BCUT2D eigenvalue weighted by Crippen LogP contribution is 2.27. The van der Waals surface area contributed by atoms with E-state index in [1.165, 1.54) is 0 Å². The number of aliphatic hydroxyl groups excluding tert-OH is 1. The molecule has 1 rings (SSSR count). The number of rotatable bonds is 5. The number of hydrogen-bond acceptors (Lipinski definition) is 4. The summed E-state index contributed by atoms with van der Waals surface area (Å²) in [6, 6.07) is 1.25. The van der Waals surface area contributed by atoms with Gasteiger partial charge in [-0.2, -0.15) is 0 Å². The normalized spacial score (nSPS) is 14.1. The third-order valence-corrected chi connectivity index (χ3v) is 6.05. The minimum atomic E-state index is -3.51. The molecule has 0 saturated heterocycles. The SMILES string of the molecule is CCC(CO)NS(=O)(=O)c1sccc1Br. The molecule has 0 aliphatic rings. The average Bonchev–Trinajstić information content (AvgIpc) is 2.61. The van der Waals surface area contributed by atoms with Crippen molar-refractivity contribution in [3.05, 3.63) is 15.9 Å². The Morgan fingerprint density at radius 3 is 2.73 bits per heavy atom. The summed E-state index contributed by atoms with van der Waals surface area (Å²) in [6.07, 6.45) is 0.554. The van der Waals surface area contributed by atoms with Crippen LogP contribution in [-0.4, -0.2) is 26.2 Å². The van der Waals surface area contributed by atoms with Crippen LogP contribution in [0, 0.1) is 0 Å². The van der Waals surface area contributed by atoms with E-state index in [2.05, 4.69) is 20.7 Å². The van der Waals surface area contributed by atoms with Gasteiger partial charge in [0.2, 0.25) is 0 Å². The largest absolute Gasteiger partial charge is 0.395 e. The minimum Gasteiger partial charge on any atom is -0.395 e. The Morgan fingerprint density at radius 2 is 2.33 bits per heavy atom. The number of nitrogens with one attached hydrogen (secondary N) is 1. The van der Waals surface area contributed by atoms with Crippen molar-refractivity contribution in [2.75, 3.05) is 6.61 Å². The average molecular weight is 314 g/mol. The quantitative estimate of drug-likeness (QED) is 0.867. The van der Waals surface area contributed by atoms with Crippen molar-refractivity contribution in [2.45, 2.75) is 23.6 Å². The summed E-state index contributed by atoms with van der Waals surface area (Å²) >= 11 is 4.31. The first-order chi connectivity index (χ1) is 7.01. The fraction of sp³-hybridized carbons (Fsp3) is 0.500. The molecule has 0 aromatic carbocycles. The van der Waals surface area contributed by atoms with E-state index in [9.17, 15) is 8.42 Å². The van der Waals surface area contributed by atoms with Crippen molar-refractivity contribution in [1.82, 2.24) is 4.72 Å². The fourth-order valence-corrected chi connectivity index (χ4v) is 4.66. The van der Waals surface area contributed by atoms with Gasteiger partial charge in [0, 0.05) is 10.5 Å². The number of aliphatic hydroxyl groups is 1. The van der Waals surface area contributed by atoms with Gasteiger partial charge >= 0.3 is 0 Å². The molecule has 0 aliphatic heterocycles. The third kappa shape index (κ3) is 3.25. The second kappa shape index (κ2) is 5.40. The molecule has 1 aromatic rings. The zero-order chi connectivity index (χ0) is 11.5. The Bertz CT molecular complexity index is 411. The third-order valence-electron chi connectivity index (χ3n) is 1.86. The molecule has 2 N–H and O–H groups in total. The van der Waals surface area contributed by atoms with Gasteiger partial charge in [0.1, 0.15) is 4.21 Å². The predicted octanol–water partition coefficient (Wildman–Crippen LogP) is 1.56. The van der Waals surface area contributed by atoms with Gasteiger partial charge in [-0.25, -0.2) is 13.1 Å². The fourth-order valence-electron chi connectivity index (χ4n) is 0.994. The molecule has 7 heteroatoms. The van der Waals surface area contributed by atoms with Gasteiger partial charge in [-0.3, -0.25) is 0 Å². The molecule has 0 aliphatic carbocycles. The summed E-state index contributed by atoms with van der Waals surface area (Å²) < 4.78 is 26.8. The highest BCUT2D eigenvalue weighted by Gasteiger charge is 2.22. The molecular formula is C8H12BrNO3S2. The highest BCUT2D eigenvalue weighted by molar-refractivity contribution is 9.10. The van der Waals surface area contributed by atoms with E-state index in [0.29, 0.717) is 10.9 Å². The van der Waals surface area contributed by atoms with E-state index in [1.807, 2.05) is 6.92 Å². The van der Waals surface area contributed by atoms with E-state index >= 15 is 0 Å². The van der Waals surface area contributed by atoms with E-state index < -0.39 is 16.1 Å². The molecule has 0 spiro atoms. The van der Waals surface area contributed by atoms with Gasteiger partial charge in [0.15, 0.2) is 0 Å². The Kier molecular flexibility index (Phi) is 4.72. The Hall–Kier alpha value is 0.0500. The lowest BCUT2D eigenvalue weighted by Crippen LogP contribution is -2.36. The maximum atomic E-state index is 11.8. The van der Waals surface area contributed by atoms with Gasteiger partial charge < -0.3 is 5.11 Å². The molecule has 86 valence electrons. The predicted molar refractivity (Wildman–Crippen MR) is 63.5 cm³/mol. The highest BCUT2D eigenvalue weighted by atomic mass is 79.9. The van der Waals surface area contributed by atoms with Crippen LogP contribution in [0.4, 0.5) is 0 Å². The van der Waals surface area contributed by atoms with E-state index in [0.717, 1.165) is 11.3 Å². The second-order valence-corrected chi connectivity index (χ2v) is 6.64. The van der Waals surface area contributed by atoms with E-state index in [4.69, 9.17) is 5.11 Å². The zero-order valence-electron chi connectivity index (χ0n) is 8.10. The monoisotopic (exact) mass is 313 g/mol. The zero-order valence-corrected chi connectivity index (χ0v) is 11.3. The molecule has 1 unspecified atom stereocenters. The van der Waals surface area contributed by atoms with Crippen LogP contribution in [-0.2, 0) is 10.0 Å². The van der Waals surface area contributed by atoms with Gasteiger partial charge in [-0.1, -0.05) is 6.92 Å². The van der Waals surface area contributed by atoms with Crippen LogP contribution in [0.25, 0.3) is 0 Å². The molecular weight excluding hydrogens is 302 g/mol. The lowest BCUT2D eigenvalue weighted by atomic mass is 10.3. The summed E-state index contributed by atoms with van der Waals surface area (Å²) in [6.45, 7) is 1.62. The lowest BCUT2D eigenvalue weighted by Gasteiger charge is -2.13. The number of thiophene rings is 1. The van der Waals surface area contributed by atoms with Gasteiger partial charge in [0.25, 0.3) is 10.0 Å². The Morgan fingerprint density at radius 1 is 1.67 bits per heavy atom. The maximum Gasteiger partial charge on any atom is 0.251 e. The maximum absolute atomic E-state index is 11.8. The van der Waals surface area contributed by atoms with E-state index in [1.54, 1.807) is 11.4 Å². The second-order valence-electron chi connectivity index (χ2n) is 2.97. The Balaban J connectivity index is 2.90. The lowest BCUT2D eigenvalue weighted by molar-refractivity contribution is 0.254. The van der Waals surface area contributed by atoms with Crippen molar-refractivity contribution in [2.24, 2.45) is 0 Å². The molecule has 0 amide bonds. The summed E-state index contributed by atoms with van der Waals surface area (Å²) in [5, 5.41) is 10.6. The Labute approximate surface area is 102 Å². The van der Waals surface area contributed by atoms with Crippen molar-refractivity contribution in [1.29, 1.82) is 0 Å². The van der Waals surface area contributed by atoms with Crippen LogP contribution >= 0.6 is 27.3 Å². The smallest absolute Gasteiger partial charge is 0.251 e. The summed E-state index contributed by atoms with van der Waals surface area (Å²) in [5.41, 5.74) is 0. The van der Waals surface area contributed by atoms with Crippen LogP contribution in [0.1, 0.15) is 13.3 Å². The van der Waals surface area contributed by atoms with Gasteiger partial charge in [-0.05, 0) is 33.8 Å². The summed E-state index contributed by atoms with van der Waals surface area (Å²) in [5.74, 6) is 0. The van der Waals surface area contributed by atoms with Crippen molar-refractivity contribution in [3.8, 4) is 0 Å². The first-order valence-corrected chi connectivity index (χ1v) is 7.53. The molecule has 1 heterocycles. The van der Waals surface area contributed by atoms with Crippen LogP contribution in [0.2, 0.25) is 0 Å². The first kappa shape index (κ1) is 13.1. The van der Waals surface area contributed by atoms with Crippen molar-refractivity contribution >= 4 is 37.3 Å². The summed E-state index contributed by atoms with van der Waals surface area (Å²) in [7, 11) is -3.51. The molecule has 1 aromatic heterocycles. The molecule has 0 radical (unpaired) electrons. The number of hydrogen-bond donors (Lipinski definition) is 2. The van der Waals surface area contributed by atoms with Crippen LogP contribution in [0.5, 0.6) is 0 Å². The van der Waals surface area contributed by atoms with Crippen LogP contribution < -0.4 is 4.72 Å². The van der Waals surface area contributed by atoms with Gasteiger partial charge in [0.05, 0.1) is 6.61 Å². The standard InChI is InChI=1S/C8H12BrNO3S2/c1-2-6(5-11)10-15(12,13)8-7(9)3-4-14-8/h3-4,6,10-11H,2,5H2,1H3. The van der Waals surface area contributed by atoms with Crippen molar-refractivity contribution in [3.63, 3.8) is 0 Å². The van der Waals surface area contributed by atoms with Gasteiger partial charge in [-0.15, -0.1) is 11.3 Å².